The van der Waals surface area contributed by atoms with Gasteiger partial charge in [-0.15, -0.1) is 0 Å². The molecule has 4 aliphatic carbocycles. The van der Waals surface area contributed by atoms with Crippen LogP contribution in [0.3, 0.4) is 0 Å². The van der Waals surface area contributed by atoms with Crippen LogP contribution in [0.2, 0.25) is 18.1 Å². The van der Waals surface area contributed by atoms with Gasteiger partial charge in [0, 0.05) is 17.4 Å². The quantitative estimate of drug-likeness (QED) is 0.639. The molecule has 0 aromatic heterocycles. The van der Waals surface area contributed by atoms with E-state index in [1.165, 1.54) is 32.1 Å². The van der Waals surface area contributed by atoms with Crippen molar-refractivity contribution in [3.05, 3.63) is 0 Å². The Hall–Kier alpha value is 0.0969. The second kappa shape index (κ2) is 6.30. The third-order valence-corrected chi connectivity index (χ3v) is 14.5. The normalized spacial score (nSPS) is 50.2. The lowest BCUT2D eigenvalue weighted by Gasteiger charge is -2.63. The van der Waals surface area contributed by atoms with E-state index < -0.39 is 8.32 Å². The standard InChI is InChI=1S/C23H42O3Si/c1-21(2,3)27(5,6)26-18-8-7-12-22(4)16(18)11-13-23-14-17(24)15(20(23)25)9-10-19(22)23/h15-20,24-25H,7-14H2,1-6H3/t15-,16+,17+,18+,19-,20+,22+,23-/m0/s1. The van der Waals surface area contributed by atoms with Gasteiger partial charge in [0.1, 0.15) is 0 Å². The Morgan fingerprint density at radius 3 is 2.37 bits per heavy atom. The molecule has 0 amide bonds. The van der Waals surface area contributed by atoms with E-state index in [1.54, 1.807) is 0 Å². The maximum atomic E-state index is 11.1. The van der Waals surface area contributed by atoms with E-state index in [0.717, 1.165) is 19.3 Å². The summed E-state index contributed by atoms with van der Waals surface area (Å²) in [5.41, 5.74) is 0.242. The number of rotatable bonds is 2. The van der Waals surface area contributed by atoms with Crippen molar-refractivity contribution in [2.45, 2.75) is 116 Å². The molecule has 0 aromatic rings. The van der Waals surface area contributed by atoms with Crippen molar-refractivity contribution < 1.29 is 14.6 Å². The number of fused-ring (bicyclic) bond motifs is 3. The average Bonchev–Trinajstić information content (AvgIpc) is 2.68. The molecule has 1 spiro atoms. The first-order valence-corrected chi connectivity index (χ1v) is 14.4. The fraction of sp³-hybridized carbons (Fsp3) is 1.00. The van der Waals surface area contributed by atoms with Gasteiger partial charge in [0.15, 0.2) is 8.32 Å². The summed E-state index contributed by atoms with van der Waals surface area (Å²) >= 11 is 0. The summed E-state index contributed by atoms with van der Waals surface area (Å²) in [6.07, 6.45) is 8.84. The van der Waals surface area contributed by atoms with E-state index in [-0.39, 0.29) is 34.0 Å². The smallest absolute Gasteiger partial charge is 0.192 e. The first-order chi connectivity index (χ1) is 12.4. The van der Waals surface area contributed by atoms with Gasteiger partial charge in [-0.25, -0.2) is 0 Å². The van der Waals surface area contributed by atoms with Gasteiger partial charge in [-0.1, -0.05) is 34.1 Å². The maximum Gasteiger partial charge on any atom is 0.192 e. The van der Waals surface area contributed by atoms with Crippen LogP contribution < -0.4 is 0 Å². The van der Waals surface area contributed by atoms with Crippen molar-refractivity contribution >= 4 is 8.32 Å². The Kier molecular flexibility index (Phi) is 4.75. The fourth-order valence-electron chi connectivity index (χ4n) is 7.62. The van der Waals surface area contributed by atoms with Crippen LogP contribution in [0.25, 0.3) is 0 Å². The Labute approximate surface area is 167 Å². The molecule has 2 N–H and O–H groups in total. The number of aliphatic hydroxyl groups is 2. The van der Waals surface area contributed by atoms with Gasteiger partial charge < -0.3 is 14.6 Å². The van der Waals surface area contributed by atoms with Crippen molar-refractivity contribution in [3.8, 4) is 0 Å². The lowest BCUT2D eigenvalue weighted by Crippen LogP contribution is -2.60. The highest BCUT2D eigenvalue weighted by Crippen LogP contribution is 2.69. The van der Waals surface area contributed by atoms with E-state index in [4.69, 9.17) is 4.43 Å². The molecule has 0 radical (unpaired) electrons. The molecule has 2 bridgehead atoms. The molecule has 0 aliphatic heterocycles. The molecule has 8 atom stereocenters. The van der Waals surface area contributed by atoms with E-state index in [1.807, 2.05) is 0 Å². The van der Waals surface area contributed by atoms with Crippen LogP contribution in [0, 0.1) is 28.6 Å². The highest BCUT2D eigenvalue weighted by molar-refractivity contribution is 6.74. The van der Waals surface area contributed by atoms with Gasteiger partial charge >= 0.3 is 0 Å². The van der Waals surface area contributed by atoms with Crippen LogP contribution in [0.5, 0.6) is 0 Å². The van der Waals surface area contributed by atoms with Gasteiger partial charge in [-0.3, -0.25) is 0 Å². The molecule has 0 saturated heterocycles. The minimum Gasteiger partial charge on any atom is -0.414 e. The first kappa shape index (κ1) is 20.4. The Balaban J connectivity index is 1.62. The third kappa shape index (κ3) is 2.84. The molecule has 4 aliphatic rings. The van der Waals surface area contributed by atoms with Crippen molar-refractivity contribution in [2.24, 2.45) is 28.6 Å². The van der Waals surface area contributed by atoms with Crippen molar-refractivity contribution in [3.63, 3.8) is 0 Å². The highest BCUT2D eigenvalue weighted by atomic mass is 28.4. The summed E-state index contributed by atoms with van der Waals surface area (Å²) in [5, 5.41) is 22.0. The lowest BCUT2D eigenvalue weighted by atomic mass is 9.44. The number of aliphatic hydroxyl groups excluding tert-OH is 2. The molecule has 156 valence electrons. The molecule has 4 saturated carbocycles. The predicted octanol–water partition coefficient (Wildman–Crippen LogP) is 5.12. The molecule has 0 heterocycles. The topological polar surface area (TPSA) is 49.7 Å². The molecule has 0 aromatic carbocycles. The Morgan fingerprint density at radius 1 is 1.00 bits per heavy atom. The summed E-state index contributed by atoms with van der Waals surface area (Å²) in [7, 11) is -1.78. The fourth-order valence-corrected chi connectivity index (χ4v) is 9.01. The van der Waals surface area contributed by atoms with Crippen LogP contribution in [-0.4, -0.2) is 36.8 Å². The van der Waals surface area contributed by atoms with Crippen molar-refractivity contribution in [2.75, 3.05) is 0 Å². The highest BCUT2D eigenvalue weighted by Gasteiger charge is 2.67. The molecule has 0 unspecified atom stereocenters. The zero-order chi connectivity index (χ0) is 19.8. The number of hydrogen-bond acceptors (Lipinski definition) is 3. The van der Waals surface area contributed by atoms with Gasteiger partial charge in [-0.2, -0.15) is 0 Å². The van der Waals surface area contributed by atoms with E-state index in [2.05, 4.69) is 40.8 Å². The van der Waals surface area contributed by atoms with Crippen LogP contribution in [0.1, 0.15) is 79.1 Å². The predicted molar refractivity (Wildman–Crippen MR) is 112 cm³/mol. The molecule has 4 rings (SSSR count). The van der Waals surface area contributed by atoms with Gasteiger partial charge in [0.2, 0.25) is 0 Å². The number of hydrogen-bond donors (Lipinski definition) is 2. The molecular formula is C23H42O3Si. The van der Waals surface area contributed by atoms with Gasteiger partial charge in [-0.05, 0) is 80.3 Å². The third-order valence-electron chi connectivity index (χ3n) is 10.0. The largest absolute Gasteiger partial charge is 0.414 e. The summed E-state index contributed by atoms with van der Waals surface area (Å²) in [4.78, 5) is 0. The zero-order valence-electron chi connectivity index (χ0n) is 18.4. The molecule has 3 nitrogen and oxygen atoms in total. The van der Waals surface area contributed by atoms with Crippen LogP contribution in [0.15, 0.2) is 0 Å². The van der Waals surface area contributed by atoms with Crippen molar-refractivity contribution in [1.29, 1.82) is 0 Å². The molecule has 4 fully saturated rings. The summed E-state index contributed by atoms with van der Waals surface area (Å²) in [6.45, 7) is 14.3. The second-order valence-corrected chi connectivity index (χ2v) is 17.0. The minimum atomic E-state index is -1.78. The zero-order valence-corrected chi connectivity index (χ0v) is 19.4. The second-order valence-electron chi connectivity index (χ2n) is 12.2. The molecule has 27 heavy (non-hydrogen) atoms. The molecular weight excluding hydrogens is 352 g/mol. The van der Waals surface area contributed by atoms with Crippen molar-refractivity contribution in [1.82, 2.24) is 0 Å². The SMILES string of the molecule is CC(C)(C)[Si](C)(C)O[C@@H]1CCC[C@]2(C)[C@@H]1CC[C@]13C[C@@H](O)[C@H](CC[C@@H]21)[C@H]3O. The van der Waals surface area contributed by atoms with Crippen LogP contribution in [-0.2, 0) is 4.43 Å². The first-order valence-electron chi connectivity index (χ1n) is 11.5. The Morgan fingerprint density at radius 2 is 1.70 bits per heavy atom. The summed E-state index contributed by atoms with van der Waals surface area (Å²) in [5.74, 6) is 1.31. The van der Waals surface area contributed by atoms with Gasteiger partial charge in [0.25, 0.3) is 0 Å². The van der Waals surface area contributed by atoms with Gasteiger partial charge in [0.05, 0.1) is 12.2 Å². The van der Waals surface area contributed by atoms with E-state index in [9.17, 15) is 10.2 Å². The lowest BCUT2D eigenvalue weighted by molar-refractivity contribution is -0.177. The monoisotopic (exact) mass is 394 g/mol. The van der Waals surface area contributed by atoms with E-state index in [0.29, 0.717) is 17.9 Å². The average molecular weight is 395 g/mol. The van der Waals surface area contributed by atoms with Crippen LogP contribution >= 0.6 is 0 Å². The van der Waals surface area contributed by atoms with E-state index >= 15 is 0 Å². The summed E-state index contributed by atoms with van der Waals surface area (Å²) in [6, 6.07) is 0. The molecule has 4 heteroatoms. The minimum absolute atomic E-state index is 0.0214. The Bertz CT molecular complexity index is 585. The maximum absolute atomic E-state index is 11.1. The summed E-state index contributed by atoms with van der Waals surface area (Å²) < 4.78 is 7.01. The van der Waals surface area contributed by atoms with Crippen LogP contribution in [0.4, 0.5) is 0 Å².